The van der Waals surface area contributed by atoms with E-state index < -0.39 is 0 Å². The summed E-state index contributed by atoms with van der Waals surface area (Å²) in [7, 11) is 1.96. The van der Waals surface area contributed by atoms with Crippen molar-refractivity contribution in [3.63, 3.8) is 0 Å². The fraction of sp³-hybridized carbons (Fsp3) is 0.462. The van der Waals surface area contributed by atoms with Crippen molar-refractivity contribution in [3.8, 4) is 0 Å². The Morgan fingerprint density at radius 2 is 2.29 bits per heavy atom. The van der Waals surface area contributed by atoms with E-state index in [1.54, 1.807) is 6.07 Å². The SMILES string of the molecule is CN1CCC(=O)CC1c1cc(F)ccc1CN. The first kappa shape index (κ1) is 12.2. The van der Waals surface area contributed by atoms with Crippen LogP contribution in [0.15, 0.2) is 18.2 Å². The summed E-state index contributed by atoms with van der Waals surface area (Å²) in [5.41, 5.74) is 7.43. The third-order valence-corrected chi connectivity index (χ3v) is 3.38. The van der Waals surface area contributed by atoms with Crippen LogP contribution in [0.3, 0.4) is 0 Å². The number of ketones is 1. The van der Waals surface area contributed by atoms with Gasteiger partial charge in [0.1, 0.15) is 11.6 Å². The number of carbonyl (C=O) groups is 1. The minimum atomic E-state index is -0.274. The van der Waals surface area contributed by atoms with Gasteiger partial charge in [-0.05, 0) is 30.3 Å². The maximum atomic E-state index is 13.3. The Kier molecular flexibility index (Phi) is 3.54. The lowest BCUT2D eigenvalue weighted by molar-refractivity contribution is -0.122. The molecule has 1 unspecified atom stereocenters. The summed E-state index contributed by atoms with van der Waals surface area (Å²) >= 11 is 0. The van der Waals surface area contributed by atoms with Crippen molar-refractivity contribution < 1.29 is 9.18 Å². The van der Waals surface area contributed by atoms with Crippen LogP contribution >= 0.6 is 0 Å². The molecule has 0 amide bonds. The molecule has 1 fully saturated rings. The standard InChI is InChI=1S/C13H17FN2O/c1-16-5-4-11(17)7-13(16)12-6-10(14)3-2-9(12)8-15/h2-3,6,13H,4-5,7-8,15H2,1H3. The highest BCUT2D eigenvalue weighted by Crippen LogP contribution is 2.30. The molecule has 17 heavy (non-hydrogen) atoms. The third-order valence-electron chi connectivity index (χ3n) is 3.38. The summed E-state index contributed by atoms with van der Waals surface area (Å²) in [4.78, 5) is 13.6. The lowest BCUT2D eigenvalue weighted by Crippen LogP contribution is -2.34. The molecule has 1 aliphatic heterocycles. The van der Waals surface area contributed by atoms with Gasteiger partial charge in [-0.1, -0.05) is 6.07 Å². The predicted molar refractivity (Wildman–Crippen MR) is 63.9 cm³/mol. The van der Waals surface area contributed by atoms with Gasteiger partial charge >= 0.3 is 0 Å². The van der Waals surface area contributed by atoms with Crippen LogP contribution in [0.1, 0.15) is 30.0 Å². The van der Waals surface area contributed by atoms with Gasteiger partial charge in [0.15, 0.2) is 0 Å². The summed E-state index contributed by atoms with van der Waals surface area (Å²) in [6.07, 6.45) is 1.03. The summed E-state index contributed by atoms with van der Waals surface area (Å²) in [6, 6.07) is 4.58. The Balaban J connectivity index is 2.36. The zero-order valence-electron chi connectivity index (χ0n) is 9.95. The normalized spacial score (nSPS) is 21.8. The van der Waals surface area contributed by atoms with Crippen LogP contribution in [-0.2, 0) is 11.3 Å². The first-order valence-corrected chi connectivity index (χ1v) is 5.82. The molecule has 2 N–H and O–H groups in total. The Morgan fingerprint density at radius 1 is 1.53 bits per heavy atom. The minimum Gasteiger partial charge on any atom is -0.326 e. The number of nitrogens with two attached hydrogens (primary N) is 1. The maximum absolute atomic E-state index is 13.3. The van der Waals surface area contributed by atoms with Gasteiger partial charge in [0, 0.05) is 32.0 Å². The van der Waals surface area contributed by atoms with Gasteiger partial charge in [-0.25, -0.2) is 4.39 Å². The maximum Gasteiger partial charge on any atom is 0.136 e. The molecular formula is C13H17FN2O. The van der Waals surface area contributed by atoms with Crippen LogP contribution in [0.25, 0.3) is 0 Å². The van der Waals surface area contributed by atoms with E-state index in [0.717, 1.165) is 17.7 Å². The quantitative estimate of drug-likeness (QED) is 0.848. The highest BCUT2D eigenvalue weighted by Gasteiger charge is 2.27. The second-order valence-corrected chi connectivity index (χ2v) is 4.54. The largest absolute Gasteiger partial charge is 0.326 e. The molecule has 1 aliphatic rings. The van der Waals surface area contributed by atoms with Crippen LogP contribution in [0, 0.1) is 5.82 Å². The topological polar surface area (TPSA) is 46.3 Å². The van der Waals surface area contributed by atoms with Crippen LogP contribution in [0.5, 0.6) is 0 Å². The molecule has 0 aromatic heterocycles. The lowest BCUT2D eigenvalue weighted by Gasteiger charge is -2.33. The van der Waals surface area contributed by atoms with E-state index >= 15 is 0 Å². The number of carbonyl (C=O) groups excluding carboxylic acids is 1. The molecule has 1 aromatic rings. The van der Waals surface area contributed by atoms with Crippen molar-refractivity contribution in [1.29, 1.82) is 0 Å². The molecule has 1 saturated heterocycles. The van der Waals surface area contributed by atoms with Gasteiger partial charge < -0.3 is 5.73 Å². The smallest absolute Gasteiger partial charge is 0.136 e. The zero-order valence-corrected chi connectivity index (χ0v) is 9.95. The molecule has 3 nitrogen and oxygen atoms in total. The number of hydrogen-bond acceptors (Lipinski definition) is 3. The molecule has 0 bridgehead atoms. The Labute approximate surface area is 100 Å². The Bertz CT molecular complexity index is 433. The van der Waals surface area contributed by atoms with Crippen molar-refractivity contribution in [2.24, 2.45) is 5.73 Å². The van der Waals surface area contributed by atoms with Crippen molar-refractivity contribution >= 4 is 5.78 Å². The zero-order chi connectivity index (χ0) is 12.4. The van der Waals surface area contributed by atoms with Crippen molar-refractivity contribution in [2.45, 2.75) is 25.4 Å². The average Bonchev–Trinajstić information content (AvgIpc) is 2.32. The fourth-order valence-corrected chi connectivity index (χ4v) is 2.34. The molecule has 2 rings (SSSR count). The highest BCUT2D eigenvalue weighted by molar-refractivity contribution is 5.80. The van der Waals surface area contributed by atoms with E-state index in [9.17, 15) is 9.18 Å². The van der Waals surface area contributed by atoms with Gasteiger partial charge in [-0.15, -0.1) is 0 Å². The van der Waals surface area contributed by atoms with Gasteiger partial charge in [0.2, 0.25) is 0 Å². The van der Waals surface area contributed by atoms with Gasteiger partial charge in [-0.3, -0.25) is 9.69 Å². The van der Waals surface area contributed by atoms with Crippen LogP contribution in [0.4, 0.5) is 4.39 Å². The van der Waals surface area contributed by atoms with Crippen LogP contribution < -0.4 is 5.73 Å². The number of piperidine rings is 1. The molecule has 0 radical (unpaired) electrons. The number of benzene rings is 1. The number of Topliss-reactive ketones (excluding diaryl/α,β-unsaturated/α-hetero) is 1. The fourth-order valence-electron chi connectivity index (χ4n) is 2.34. The molecule has 1 atom stereocenters. The highest BCUT2D eigenvalue weighted by atomic mass is 19.1. The van der Waals surface area contributed by atoms with E-state index in [2.05, 4.69) is 4.90 Å². The van der Waals surface area contributed by atoms with Crippen molar-refractivity contribution in [1.82, 2.24) is 4.90 Å². The molecule has 4 heteroatoms. The van der Waals surface area contributed by atoms with E-state index in [-0.39, 0.29) is 17.6 Å². The molecule has 1 heterocycles. The minimum absolute atomic E-state index is 0.0366. The second-order valence-electron chi connectivity index (χ2n) is 4.54. The number of nitrogens with zero attached hydrogens (tertiary/aromatic N) is 1. The summed E-state index contributed by atoms with van der Waals surface area (Å²) < 4.78 is 13.3. The third kappa shape index (κ3) is 2.53. The van der Waals surface area contributed by atoms with E-state index in [4.69, 9.17) is 5.73 Å². The number of rotatable bonds is 2. The van der Waals surface area contributed by atoms with Crippen molar-refractivity contribution in [2.75, 3.05) is 13.6 Å². The molecular weight excluding hydrogens is 219 g/mol. The number of halogens is 1. The first-order chi connectivity index (χ1) is 8.11. The molecule has 0 saturated carbocycles. The summed E-state index contributed by atoms with van der Waals surface area (Å²) in [5, 5.41) is 0. The first-order valence-electron chi connectivity index (χ1n) is 5.82. The molecule has 1 aromatic carbocycles. The Hall–Kier alpha value is -1.26. The van der Waals surface area contributed by atoms with Crippen LogP contribution in [-0.4, -0.2) is 24.3 Å². The van der Waals surface area contributed by atoms with Gasteiger partial charge in [-0.2, -0.15) is 0 Å². The molecule has 0 aliphatic carbocycles. The predicted octanol–water partition coefficient (Wildman–Crippen LogP) is 1.62. The number of hydrogen-bond donors (Lipinski definition) is 1. The monoisotopic (exact) mass is 236 g/mol. The second kappa shape index (κ2) is 4.94. The molecule has 0 spiro atoms. The Morgan fingerprint density at radius 3 is 3.00 bits per heavy atom. The molecule has 92 valence electrons. The lowest BCUT2D eigenvalue weighted by atomic mass is 9.91. The number of likely N-dealkylation sites (tertiary alicyclic amines) is 1. The summed E-state index contributed by atoms with van der Waals surface area (Å²) in [5.74, 6) is -0.0380. The average molecular weight is 236 g/mol. The van der Waals surface area contributed by atoms with Crippen molar-refractivity contribution in [3.05, 3.63) is 35.1 Å². The van der Waals surface area contributed by atoms with E-state index in [1.165, 1.54) is 12.1 Å². The van der Waals surface area contributed by atoms with E-state index in [0.29, 0.717) is 19.4 Å². The van der Waals surface area contributed by atoms with Gasteiger partial charge in [0.25, 0.3) is 0 Å². The van der Waals surface area contributed by atoms with E-state index in [1.807, 2.05) is 7.05 Å². The van der Waals surface area contributed by atoms with Crippen LogP contribution in [0.2, 0.25) is 0 Å². The summed E-state index contributed by atoms with van der Waals surface area (Å²) in [6.45, 7) is 1.10. The van der Waals surface area contributed by atoms with Gasteiger partial charge in [0.05, 0.1) is 0 Å².